The van der Waals surface area contributed by atoms with Crippen LogP contribution in [0.2, 0.25) is 0 Å². The van der Waals surface area contributed by atoms with Crippen LogP contribution in [0.25, 0.3) is 11.1 Å². The van der Waals surface area contributed by atoms with Crippen molar-refractivity contribution in [2.45, 2.75) is 6.92 Å². The summed E-state index contributed by atoms with van der Waals surface area (Å²) in [4.78, 5) is 12.0. The molecule has 160 valence electrons. The Kier molecular flexibility index (Phi) is 8.08. The number of hydrazone groups is 1. The first-order chi connectivity index (χ1) is 15.0. The largest absolute Gasteiger partial charge is 0.503 e. The number of benzene rings is 3. The molecule has 0 saturated heterocycles. The molecule has 0 bridgehead atoms. The zero-order valence-corrected chi connectivity index (χ0v) is 19.8. The molecule has 0 aliphatic carbocycles. The van der Waals surface area contributed by atoms with Gasteiger partial charge in [0, 0.05) is 10.0 Å². The van der Waals surface area contributed by atoms with Crippen LogP contribution in [0.5, 0.6) is 17.2 Å². The predicted molar refractivity (Wildman–Crippen MR) is 128 cm³/mol. The number of carbonyl (C=O) groups excluding carboxylic acids is 1. The zero-order chi connectivity index (χ0) is 22.2. The molecule has 0 unspecified atom stereocenters. The number of carbonyl (C=O) groups is 1. The summed E-state index contributed by atoms with van der Waals surface area (Å²) in [6, 6.07) is 19.1. The van der Waals surface area contributed by atoms with Gasteiger partial charge in [-0.2, -0.15) is 5.10 Å². The summed E-state index contributed by atoms with van der Waals surface area (Å²) in [5.74, 6) is 0.488. The number of phenolic OH excluding ortho intramolecular Hbond substituents is 1. The van der Waals surface area contributed by atoms with E-state index >= 15 is 0 Å². The minimum absolute atomic E-state index is 0.0124. The van der Waals surface area contributed by atoms with Gasteiger partial charge in [0.15, 0.2) is 18.1 Å². The van der Waals surface area contributed by atoms with E-state index in [1.165, 1.54) is 6.21 Å². The topological polar surface area (TPSA) is 80.2 Å². The van der Waals surface area contributed by atoms with Crippen molar-refractivity contribution in [2.24, 2.45) is 5.10 Å². The fraction of sp³-hybridized carbons (Fsp3) is 0.130. The normalized spacial score (nSPS) is 10.8. The lowest BCUT2D eigenvalue weighted by Crippen LogP contribution is -2.24. The maximum absolute atomic E-state index is 12.0. The maximum Gasteiger partial charge on any atom is 0.277 e. The highest BCUT2D eigenvalue weighted by Gasteiger charge is 2.14. The van der Waals surface area contributed by atoms with Crippen LogP contribution in [0.15, 0.2) is 74.7 Å². The first-order valence-electron chi connectivity index (χ1n) is 9.43. The third-order valence-corrected chi connectivity index (χ3v) is 6.36. The summed E-state index contributed by atoms with van der Waals surface area (Å²) in [5, 5.41) is 14.0. The minimum atomic E-state index is -0.401. The lowest BCUT2D eigenvalue weighted by Gasteiger charge is -2.11. The van der Waals surface area contributed by atoms with E-state index in [0.717, 1.165) is 11.1 Å². The molecule has 0 aliphatic heterocycles. The van der Waals surface area contributed by atoms with Crippen molar-refractivity contribution in [1.82, 2.24) is 5.43 Å². The third kappa shape index (κ3) is 6.08. The highest BCUT2D eigenvalue weighted by Crippen LogP contribution is 2.41. The first-order valence-corrected chi connectivity index (χ1v) is 11.0. The van der Waals surface area contributed by atoms with Gasteiger partial charge in [0.05, 0.1) is 17.3 Å². The molecule has 0 fully saturated rings. The Morgan fingerprint density at radius 2 is 1.71 bits per heavy atom. The second-order valence-electron chi connectivity index (χ2n) is 6.35. The van der Waals surface area contributed by atoms with Crippen molar-refractivity contribution in [3.63, 3.8) is 0 Å². The van der Waals surface area contributed by atoms with Crippen LogP contribution in [0, 0.1) is 0 Å². The summed E-state index contributed by atoms with van der Waals surface area (Å²) < 4.78 is 11.9. The summed E-state index contributed by atoms with van der Waals surface area (Å²) in [5.41, 5.74) is 5.21. The number of nitrogens with one attached hydrogen (secondary N) is 1. The number of aromatic hydroxyl groups is 1. The fourth-order valence-electron chi connectivity index (χ4n) is 2.70. The molecule has 3 aromatic rings. The Balaban J connectivity index is 1.55. The van der Waals surface area contributed by atoms with Crippen molar-refractivity contribution in [3.05, 3.63) is 75.2 Å². The molecule has 0 heterocycles. The van der Waals surface area contributed by atoms with Gasteiger partial charge in [0.1, 0.15) is 5.75 Å². The summed E-state index contributed by atoms with van der Waals surface area (Å²) in [6.07, 6.45) is 1.45. The molecule has 0 saturated carbocycles. The van der Waals surface area contributed by atoms with E-state index in [9.17, 15) is 9.90 Å². The molecule has 31 heavy (non-hydrogen) atoms. The Labute approximate surface area is 197 Å². The van der Waals surface area contributed by atoms with Gasteiger partial charge in [-0.3, -0.25) is 4.79 Å². The smallest absolute Gasteiger partial charge is 0.277 e. The Bertz CT molecular complexity index is 1070. The number of rotatable bonds is 8. The van der Waals surface area contributed by atoms with Crippen molar-refractivity contribution in [3.8, 4) is 28.4 Å². The number of nitrogens with zero attached hydrogens (tertiary/aromatic N) is 1. The molecule has 0 spiro atoms. The molecule has 6 nitrogen and oxygen atoms in total. The average molecular weight is 548 g/mol. The van der Waals surface area contributed by atoms with E-state index in [1.807, 2.05) is 61.5 Å². The van der Waals surface area contributed by atoms with Crippen LogP contribution < -0.4 is 14.9 Å². The van der Waals surface area contributed by atoms with Gasteiger partial charge in [-0.15, -0.1) is 0 Å². The summed E-state index contributed by atoms with van der Waals surface area (Å²) in [7, 11) is 0. The van der Waals surface area contributed by atoms with E-state index in [4.69, 9.17) is 9.47 Å². The SMILES string of the molecule is CCOc1cc(/C=N/NC(=O)COc2ccc(-c3ccccc3)cc2)c(Br)c(Br)c1O. The molecule has 3 rings (SSSR count). The number of phenols is 1. The van der Waals surface area contributed by atoms with Crippen molar-refractivity contribution in [1.29, 1.82) is 0 Å². The molecule has 0 aromatic heterocycles. The van der Waals surface area contributed by atoms with Crippen LogP contribution in [0.1, 0.15) is 12.5 Å². The number of hydrogen-bond acceptors (Lipinski definition) is 5. The highest BCUT2D eigenvalue weighted by atomic mass is 79.9. The molecule has 0 atom stereocenters. The second-order valence-corrected chi connectivity index (χ2v) is 7.93. The summed E-state index contributed by atoms with van der Waals surface area (Å²) >= 11 is 6.67. The molecule has 8 heteroatoms. The third-order valence-electron chi connectivity index (χ3n) is 4.20. The van der Waals surface area contributed by atoms with Crippen LogP contribution in [0.3, 0.4) is 0 Å². The minimum Gasteiger partial charge on any atom is -0.503 e. The quantitative estimate of drug-likeness (QED) is 0.288. The van der Waals surface area contributed by atoms with E-state index < -0.39 is 5.91 Å². The molecular weight excluding hydrogens is 528 g/mol. The van der Waals surface area contributed by atoms with E-state index in [0.29, 0.717) is 32.6 Å². The van der Waals surface area contributed by atoms with Gasteiger partial charge >= 0.3 is 0 Å². The fourth-order valence-corrected chi connectivity index (χ4v) is 3.53. The highest BCUT2D eigenvalue weighted by molar-refractivity contribution is 9.13. The Morgan fingerprint density at radius 3 is 2.39 bits per heavy atom. The predicted octanol–water partition coefficient (Wildman–Crippen LogP) is 5.51. The molecule has 0 radical (unpaired) electrons. The van der Waals surface area contributed by atoms with E-state index in [2.05, 4.69) is 42.4 Å². The number of halogens is 2. The van der Waals surface area contributed by atoms with Crippen LogP contribution in [-0.4, -0.2) is 30.4 Å². The standard InChI is InChI=1S/C23H20Br2N2O4/c1-2-30-19-12-17(21(24)22(25)23(19)29)13-26-27-20(28)14-31-18-10-8-16(9-11-18)15-6-4-3-5-7-15/h3-13,29H,2,14H2,1H3,(H,27,28)/b26-13+. The van der Waals surface area contributed by atoms with Crippen LogP contribution in [-0.2, 0) is 4.79 Å². The van der Waals surface area contributed by atoms with Crippen LogP contribution in [0.4, 0.5) is 0 Å². The molecule has 2 N–H and O–H groups in total. The van der Waals surface area contributed by atoms with Crippen LogP contribution >= 0.6 is 31.9 Å². The molecule has 0 aliphatic rings. The molecule has 3 aromatic carbocycles. The first kappa shape index (κ1) is 22.8. The monoisotopic (exact) mass is 546 g/mol. The maximum atomic E-state index is 12.0. The molecular formula is C23H20Br2N2O4. The number of amides is 1. The lowest BCUT2D eigenvalue weighted by molar-refractivity contribution is -0.123. The Hall–Kier alpha value is -2.84. The van der Waals surface area contributed by atoms with Crippen molar-refractivity contribution < 1.29 is 19.4 Å². The van der Waals surface area contributed by atoms with E-state index in [-0.39, 0.29) is 12.4 Å². The van der Waals surface area contributed by atoms with Crippen molar-refractivity contribution >= 4 is 44.0 Å². The van der Waals surface area contributed by atoms with Gasteiger partial charge in [-0.25, -0.2) is 5.43 Å². The molecule has 1 amide bonds. The lowest BCUT2D eigenvalue weighted by atomic mass is 10.1. The van der Waals surface area contributed by atoms with E-state index in [1.54, 1.807) is 6.07 Å². The van der Waals surface area contributed by atoms with Gasteiger partial charge in [-0.1, -0.05) is 42.5 Å². The second kappa shape index (κ2) is 11.0. The van der Waals surface area contributed by atoms with Gasteiger partial charge in [0.2, 0.25) is 0 Å². The summed E-state index contributed by atoms with van der Waals surface area (Å²) in [6.45, 7) is 2.05. The van der Waals surface area contributed by atoms with Gasteiger partial charge in [0.25, 0.3) is 5.91 Å². The van der Waals surface area contributed by atoms with Gasteiger partial charge < -0.3 is 14.6 Å². The number of ether oxygens (including phenoxy) is 2. The van der Waals surface area contributed by atoms with Crippen molar-refractivity contribution in [2.75, 3.05) is 13.2 Å². The number of hydrogen-bond donors (Lipinski definition) is 2. The van der Waals surface area contributed by atoms with Gasteiger partial charge in [-0.05, 0) is 68.1 Å². The Morgan fingerprint density at radius 1 is 1.03 bits per heavy atom. The zero-order valence-electron chi connectivity index (χ0n) is 16.6. The average Bonchev–Trinajstić information content (AvgIpc) is 2.80.